The first-order valence-corrected chi connectivity index (χ1v) is 5.79. The van der Waals surface area contributed by atoms with Gasteiger partial charge in [0, 0.05) is 25.5 Å². The maximum atomic E-state index is 5.27. The largest absolute Gasteiger partial charge is 0.382 e. The Morgan fingerprint density at radius 1 is 1.44 bits per heavy atom. The molecule has 0 amide bonds. The number of hydrogen-bond donors (Lipinski definition) is 1. The topological polar surface area (TPSA) is 34.1 Å². The Bertz CT molecular complexity index is 315. The number of rotatable bonds is 6. The molecule has 0 saturated heterocycles. The highest BCUT2D eigenvalue weighted by Crippen LogP contribution is 2.21. The van der Waals surface area contributed by atoms with Crippen LogP contribution in [0.5, 0.6) is 0 Å². The van der Waals surface area contributed by atoms with Crippen molar-refractivity contribution in [3.8, 4) is 0 Å². The molecule has 0 aliphatic rings. The van der Waals surface area contributed by atoms with Gasteiger partial charge in [-0.1, -0.05) is 0 Å². The van der Waals surface area contributed by atoms with Crippen molar-refractivity contribution in [3.05, 3.63) is 29.6 Å². The van der Waals surface area contributed by atoms with E-state index in [1.807, 2.05) is 19.4 Å². The highest BCUT2D eigenvalue weighted by atomic mass is 16.5. The number of hydrogen-bond acceptors (Lipinski definition) is 3. The molecule has 1 rings (SSSR count). The summed E-state index contributed by atoms with van der Waals surface area (Å²) < 4.78 is 5.27. The van der Waals surface area contributed by atoms with Gasteiger partial charge in [0.1, 0.15) is 0 Å². The molecule has 0 fully saturated rings. The Morgan fingerprint density at radius 3 is 2.75 bits per heavy atom. The third kappa shape index (κ3) is 3.58. The molecule has 1 aromatic heterocycles. The Labute approximate surface area is 98.2 Å². The molecule has 0 saturated carbocycles. The fraction of sp³-hybridized carbons (Fsp3) is 0.615. The molecular formula is C13H22N2O. The summed E-state index contributed by atoms with van der Waals surface area (Å²) in [6, 6.07) is 2.42. The van der Waals surface area contributed by atoms with Crippen molar-refractivity contribution in [2.75, 3.05) is 14.2 Å². The summed E-state index contributed by atoms with van der Waals surface area (Å²) in [6.45, 7) is 4.23. The molecule has 2 unspecified atom stereocenters. The molecule has 0 radical (unpaired) electrons. The van der Waals surface area contributed by atoms with Gasteiger partial charge in [0.05, 0.1) is 6.10 Å². The van der Waals surface area contributed by atoms with E-state index >= 15 is 0 Å². The molecule has 3 nitrogen and oxygen atoms in total. The quantitative estimate of drug-likeness (QED) is 0.803. The van der Waals surface area contributed by atoms with E-state index in [2.05, 4.69) is 30.2 Å². The van der Waals surface area contributed by atoms with Crippen molar-refractivity contribution < 1.29 is 4.74 Å². The fourth-order valence-corrected chi connectivity index (χ4v) is 1.82. The van der Waals surface area contributed by atoms with E-state index in [0.717, 1.165) is 12.8 Å². The smallest absolute Gasteiger partial charge is 0.0543 e. The molecule has 1 heterocycles. The highest BCUT2D eigenvalue weighted by molar-refractivity contribution is 5.24. The third-order valence-electron chi connectivity index (χ3n) is 3.07. The van der Waals surface area contributed by atoms with Gasteiger partial charge in [0.15, 0.2) is 0 Å². The van der Waals surface area contributed by atoms with Crippen LogP contribution in [0.25, 0.3) is 0 Å². The number of nitrogens with zero attached hydrogens (tertiary/aromatic N) is 1. The Morgan fingerprint density at radius 2 is 2.19 bits per heavy atom. The molecule has 16 heavy (non-hydrogen) atoms. The third-order valence-corrected chi connectivity index (χ3v) is 3.07. The average Bonchev–Trinajstić information content (AvgIpc) is 2.31. The summed E-state index contributed by atoms with van der Waals surface area (Å²) >= 11 is 0. The monoisotopic (exact) mass is 222 g/mol. The first-order chi connectivity index (χ1) is 7.69. The Kier molecular flexibility index (Phi) is 5.43. The van der Waals surface area contributed by atoms with E-state index < -0.39 is 0 Å². The van der Waals surface area contributed by atoms with Crippen molar-refractivity contribution in [2.24, 2.45) is 0 Å². The highest BCUT2D eigenvalue weighted by Gasteiger charge is 2.13. The van der Waals surface area contributed by atoms with E-state index in [-0.39, 0.29) is 0 Å². The molecule has 0 aromatic carbocycles. The van der Waals surface area contributed by atoms with Gasteiger partial charge in [-0.25, -0.2) is 0 Å². The number of ether oxygens (including phenoxy) is 1. The maximum absolute atomic E-state index is 5.27. The van der Waals surface area contributed by atoms with Crippen molar-refractivity contribution in [1.82, 2.24) is 10.3 Å². The van der Waals surface area contributed by atoms with Gasteiger partial charge < -0.3 is 10.1 Å². The lowest BCUT2D eigenvalue weighted by atomic mass is 9.98. The van der Waals surface area contributed by atoms with Gasteiger partial charge in [0.25, 0.3) is 0 Å². The maximum Gasteiger partial charge on any atom is 0.0543 e. The minimum Gasteiger partial charge on any atom is -0.382 e. The van der Waals surface area contributed by atoms with Crippen LogP contribution in [0, 0.1) is 6.92 Å². The lowest BCUT2D eigenvalue weighted by Gasteiger charge is -2.20. The molecule has 2 atom stereocenters. The summed E-state index contributed by atoms with van der Waals surface area (Å²) in [5.74, 6) is 0. The second-order valence-electron chi connectivity index (χ2n) is 4.20. The standard InChI is InChI=1S/C13H22N2O/c1-10-7-8-15-9-12(10)13(14-3)6-5-11(2)16-4/h7-9,11,13-14H,5-6H2,1-4H3. The van der Waals surface area contributed by atoms with Crippen LogP contribution in [0.3, 0.4) is 0 Å². The van der Waals surface area contributed by atoms with Gasteiger partial charge in [0.2, 0.25) is 0 Å². The summed E-state index contributed by atoms with van der Waals surface area (Å²) in [6.07, 6.45) is 6.22. The number of aryl methyl sites for hydroxylation is 1. The van der Waals surface area contributed by atoms with Crippen molar-refractivity contribution >= 4 is 0 Å². The Hall–Kier alpha value is -0.930. The van der Waals surface area contributed by atoms with Gasteiger partial charge in [-0.3, -0.25) is 4.98 Å². The fourth-order valence-electron chi connectivity index (χ4n) is 1.82. The minimum atomic E-state index is 0.313. The normalized spacial score (nSPS) is 14.8. The van der Waals surface area contributed by atoms with E-state index in [1.54, 1.807) is 7.11 Å². The van der Waals surface area contributed by atoms with Crippen LogP contribution in [-0.2, 0) is 4.74 Å². The van der Waals surface area contributed by atoms with Crippen LogP contribution in [0.4, 0.5) is 0 Å². The summed E-state index contributed by atoms with van der Waals surface area (Å²) in [7, 11) is 3.75. The van der Waals surface area contributed by atoms with Crippen LogP contribution < -0.4 is 5.32 Å². The van der Waals surface area contributed by atoms with Crippen molar-refractivity contribution in [3.63, 3.8) is 0 Å². The molecule has 0 aliphatic carbocycles. The van der Waals surface area contributed by atoms with Crippen LogP contribution in [0.1, 0.15) is 36.9 Å². The second kappa shape index (κ2) is 6.61. The number of methoxy groups -OCH3 is 1. The van der Waals surface area contributed by atoms with E-state index in [4.69, 9.17) is 4.74 Å². The van der Waals surface area contributed by atoms with Crippen molar-refractivity contribution in [1.29, 1.82) is 0 Å². The molecule has 0 aliphatic heterocycles. The van der Waals surface area contributed by atoms with Crippen LogP contribution in [0.2, 0.25) is 0 Å². The average molecular weight is 222 g/mol. The molecule has 3 heteroatoms. The van der Waals surface area contributed by atoms with E-state index in [9.17, 15) is 0 Å². The summed E-state index contributed by atoms with van der Waals surface area (Å²) in [4.78, 5) is 4.19. The van der Waals surface area contributed by atoms with Crippen LogP contribution in [-0.4, -0.2) is 25.2 Å². The van der Waals surface area contributed by atoms with E-state index in [1.165, 1.54) is 11.1 Å². The molecule has 0 spiro atoms. The lowest BCUT2D eigenvalue weighted by Crippen LogP contribution is -2.19. The van der Waals surface area contributed by atoms with Crippen LogP contribution >= 0.6 is 0 Å². The minimum absolute atomic E-state index is 0.313. The van der Waals surface area contributed by atoms with Crippen LogP contribution in [0.15, 0.2) is 18.5 Å². The predicted octanol–water partition coefficient (Wildman–Crippen LogP) is 2.47. The van der Waals surface area contributed by atoms with Gasteiger partial charge in [-0.15, -0.1) is 0 Å². The summed E-state index contributed by atoms with van der Waals surface area (Å²) in [5.41, 5.74) is 2.58. The second-order valence-corrected chi connectivity index (χ2v) is 4.20. The zero-order valence-corrected chi connectivity index (χ0v) is 10.7. The first-order valence-electron chi connectivity index (χ1n) is 5.79. The zero-order chi connectivity index (χ0) is 12.0. The summed E-state index contributed by atoms with van der Waals surface area (Å²) in [5, 5.41) is 3.34. The molecule has 0 bridgehead atoms. The van der Waals surface area contributed by atoms with Gasteiger partial charge >= 0.3 is 0 Å². The predicted molar refractivity (Wildman–Crippen MR) is 66.5 cm³/mol. The van der Waals surface area contributed by atoms with E-state index in [0.29, 0.717) is 12.1 Å². The first kappa shape index (κ1) is 13.1. The van der Waals surface area contributed by atoms with Crippen molar-refractivity contribution in [2.45, 2.75) is 38.8 Å². The lowest BCUT2D eigenvalue weighted by molar-refractivity contribution is 0.106. The SMILES string of the molecule is CNC(CCC(C)OC)c1cnccc1C. The molecule has 1 aromatic rings. The molecule has 1 N–H and O–H groups in total. The number of aromatic nitrogens is 1. The van der Waals surface area contributed by atoms with Gasteiger partial charge in [-0.2, -0.15) is 0 Å². The number of nitrogens with one attached hydrogen (secondary N) is 1. The molecule has 90 valence electrons. The van der Waals surface area contributed by atoms with Gasteiger partial charge in [-0.05, 0) is 50.9 Å². The number of pyridine rings is 1. The zero-order valence-electron chi connectivity index (χ0n) is 10.7. The molecular weight excluding hydrogens is 200 g/mol. The Balaban J connectivity index is 2.64.